The minimum atomic E-state index is -0.757. The maximum atomic E-state index is 12.6. The fraction of sp³-hybridized carbons (Fsp3) is 0.600. The molecule has 2 unspecified atom stereocenters. The number of likely N-dealkylation sites (tertiary alicyclic amines) is 1. The maximum Gasteiger partial charge on any atom is 0.307 e. The van der Waals surface area contributed by atoms with E-state index in [1.807, 2.05) is 23.1 Å². The van der Waals surface area contributed by atoms with Gasteiger partial charge in [0, 0.05) is 6.54 Å². The average molecular weight is 344 g/mol. The van der Waals surface area contributed by atoms with Crippen LogP contribution in [0.5, 0.6) is 0 Å². The Labute approximate surface area is 149 Å². The number of carbonyl (C=O) groups excluding carboxylic acids is 1. The van der Waals surface area contributed by atoms with Crippen LogP contribution >= 0.6 is 0 Å². The summed E-state index contributed by atoms with van der Waals surface area (Å²) in [5.41, 5.74) is 1.17. The lowest BCUT2D eigenvalue weighted by Crippen LogP contribution is -2.40. The molecule has 0 aromatic heterocycles. The molecule has 25 heavy (non-hydrogen) atoms. The smallest absolute Gasteiger partial charge is 0.307 e. The molecule has 136 valence electrons. The molecule has 2 aliphatic rings. The molecule has 1 aromatic carbocycles. The first-order chi connectivity index (χ1) is 12.1. The predicted octanol–water partition coefficient (Wildman–Crippen LogP) is 2.83. The molecule has 0 spiro atoms. The van der Waals surface area contributed by atoms with E-state index in [2.05, 4.69) is 17.4 Å². The fourth-order valence-corrected chi connectivity index (χ4v) is 4.20. The summed E-state index contributed by atoms with van der Waals surface area (Å²) in [6.45, 7) is 1.45. The van der Waals surface area contributed by atoms with E-state index >= 15 is 0 Å². The van der Waals surface area contributed by atoms with E-state index in [0.29, 0.717) is 32.0 Å². The normalized spacial score (nSPS) is 23.3. The van der Waals surface area contributed by atoms with E-state index in [9.17, 15) is 9.59 Å². The third-order valence-corrected chi connectivity index (χ3v) is 5.59. The van der Waals surface area contributed by atoms with E-state index in [0.717, 1.165) is 12.8 Å². The number of aliphatic carboxylic acids is 1. The van der Waals surface area contributed by atoms with E-state index in [-0.39, 0.29) is 17.9 Å². The lowest BCUT2D eigenvalue weighted by atomic mass is 9.81. The fourth-order valence-electron chi connectivity index (χ4n) is 4.20. The molecule has 5 nitrogen and oxygen atoms in total. The SMILES string of the molecule is O=C(CN1CCC(C(=O)O)C1)NC(c1ccccc1)C1CCCCC1. The zero-order valence-corrected chi connectivity index (χ0v) is 14.7. The van der Waals surface area contributed by atoms with Crippen molar-refractivity contribution in [3.8, 4) is 0 Å². The van der Waals surface area contributed by atoms with E-state index < -0.39 is 5.97 Å². The minimum absolute atomic E-state index is 0.00506. The van der Waals surface area contributed by atoms with Crippen molar-refractivity contribution in [3.63, 3.8) is 0 Å². The van der Waals surface area contributed by atoms with Crippen LogP contribution in [0.25, 0.3) is 0 Å². The van der Waals surface area contributed by atoms with Crippen LogP contribution in [0.1, 0.15) is 50.1 Å². The van der Waals surface area contributed by atoms with Crippen molar-refractivity contribution in [2.45, 2.75) is 44.6 Å². The molecule has 0 bridgehead atoms. The largest absolute Gasteiger partial charge is 0.481 e. The van der Waals surface area contributed by atoms with E-state index in [1.54, 1.807) is 0 Å². The van der Waals surface area contributed by atoms with Gasteiger partial charge in [-0.05, 0) is 37.3 Å². The Morgan fingerprint density at radius 3 is 2.48 bits per heavy atom. The molecule has 1 aliphatic carbocycles. The number of nitrogens with zero attached hydrogens (tertiary/aromatic N) is 1. The second-order valence-corrected chi connectivity index (χ2v) is 7.41. The molecule has 2 atom stereocenters. The highest BCUT2D eigenvalue weighted by Crippen LogP contribution is 2.34. The Morgan fingerprint density at radius 2 is 1.84 bits per heavy atom. The van der Waals surface area contributed by atoms with Crippen LogP contribution in [0, 0.1) is 11.8 Å². The lowest BCUT2D eigenvalue weighted by Gasteiger charge is -2.32. The maximum absolute atomic E-state index is 12.6. The molecule has 2 fully saturated rings. The van der Waals surface area contributed by atoms with Gasteiger partial charge in [-0.15, -0.1) is 0 Å². The first-order valence-corrected chi connectivity index (χ1v) is 9.43. The molecule has 1 saturated carbocycles. The number of hydrogen-bond donors (Lipinski definition) is 2. The van der Waals surface area contributed by atoms with Gasteiger partial charge in [-0.1, -0.05) is 49.6 Å². The van der Waals surface area contributed by atoms with Gasteiger partial charge < -0.3 is 10.4 Å². The van der Waals surface area contributed by atoms with Crippen LogP contribution in [0.2, 0.25) is 0 Å². The Morgan fingerprint density at radius 1 is 1.12 bits per heavy atom. The van der Waals surface area contributed by atoms with Crippen molar-refractivity contribution in [2.24, 2.45) is 11.8 Å². The highest BCUT2D eigenvalue weighted by Gasteiger charge is 2.31. The van der Waals surface area contributed by atoms with Crippen LogP contribution in [0.4, 0.5) is 0 Å². The summed E-state index contributed by atoms with van der Waals surface area (Å²) in [5, 5.41) is 12.3. The number of carboxylic acid groups (broad SMARTS) is 1. The molecule has 0 radical (unpaired) electrons. The number of amides is 1. The number of nitrogens with one attached hydrogen (secondary N) is 1. The standard InChI is InChI=1S/C20H28N2O3/c23-18(14-22-12-11-17(13-22)20(24)25)21-19(15-7-3-1-4-8-15)16-9-5-2-6-10-16/h1,3-4,7-8,16-17,19H,2,5-6,9-14H2,(H,21,23)(H,24,25). The molecule has 2 N–H and O–H groups in total. The lowest BCUT2D eigenvalue weighted by molar-refractivity contribution is -0.141. The van der Waals surface area contributed by atoms with Crippen molar-refractivity contribution < 1.29 is 14.7 Å². The molecule has 1 amide bonds. The highest BCUT2D eigenvalue weighted by molar-refractivity contribution is 5.79. The quantitative estimate of drug-likeness (QED) is 0.832. The van der Waals surface area contributed by atoms with Gasteiger partial charge >= 0.3 is 5.97 Å². The number of rotatable bonds is 6. The molecule has 3 rings (SSSR count). The minimum Gasteiger partial charge on any atom is -0.481 e. The Hall–Kier alpha value is -1.88. The average Bonchev–Trinajstić information content (AvgIpc) is 3.10. The van der Waals surface area contributed by atoms with Gasteiger partial charge in [0.05, 0.1) is 18.5 Å². The van der Waals surface area contributed by atoms with Crippen LogP contribution in [0.15, 0.2) is 30.3 Å². The number of carboxylic acids is 1. The monoisotopic (exact) mass is 344 g/mol. The molecule has 5 heteroatoms. The number of benzene rings is 1. The van der Waals surface area contributed by atoms with Crippen LogP contribution in [-0.4, -0.2) is 41.5 Å². The molecule has 1 aromatic rings. The Balaban J connectivity index is 1.61. The van der Waals surface area contributed by atoms with Gasteiger partial charge in [0.15, 0.2) is 0 Å². The topological polar surface area (TPSA) is 69.6 Å². The summed E-state index contributed by atoms with van der Waals surface area (Å²) in [4.78, 5) is 25.6. The van der Waals surface area contributed by atoms with Crippen molar-refractivity contribution >= 4 is 11.9 Å². The summed E-state index contributed by atoms with van der Waals surface area (Å²) in [6.07, 6.45) is 6.70. The second kappa shape index (κ2) is 8.48. The van der Waals surface area contributed by atoms with Gasteiger partial charge in [0.25, 0.3) is 0 Å². The number of carbonyl (C=O) groups is 2. The van der Waals surface area contributed by atoms with Crippen molar-refractivity contribution in [1.82, 2.24) is 10.2 Å². The van der Waals surface area contributed by atoms with Gasteiger partial charge in [0.1, 0.15) is 0 Å². The van der Waals surface area contributed by atoms with Gasteiger partial charge in [-0.3, -0.25) is 14.5 Å². The van der Waals surface area contributed by atoms with Crippen molar-refractivity contribution in [3.05, 3.63) is 35.9 Å². The van der Waals surface area contributed by atoms with Crippen LogP contribution in [-0.2, 0) is 9.59 Å². The third kappa shape index (κ3) is 4.82. The molecule has 1 saturated heterocycles. The first kappa shape index (κ1) is 17.9. The molecular formula is C20H28N2O3. The summed E-state index contributed by atoms with van der Waals surface area (Å²) in [5.74, 6) is -0.598. The molecule has 1 aliphatic heterocycles. The summed E-state index contributed by atoms with van der Waals surface area (Å²) in [6, 6.07) is 10.3. The Bertz CT molecular complexity index is 584. The zero-order chi connectivity index (χ0) is 17.6. The predicted molar refractivity (Wildman–Crippen MR) is 96.1 cm³/mol. The second-order valence-electron chi connectivity index (χ2n) is 7.41. The summed E-state index contributed by atoms with van der Waals surface area (Å²) in [7, 11) is 0. The first-order valence-electron chi connectivity index (χ1n) is 9.43. The van der Waals surface area contributed by atoms with Gasteiger partial charge in [-0.2, -0.15) is 0 Å². The molecular weight excluding hydrogens is 316 g/mol. The highest BCUT2D eigenvalue weighted by atomic mass is 16.4. The van der Waals surface area contributed by atoms with Crippen LogP contribution in [0.3, 0.4) is 0 Å². The zero-order valence-electron chi connectivity index (χ0n) is 14.7. The van der Waals surface area contributed by atoms with Gasteiger partial charge in [-0.25, -0.2) is 0 Å². The van der Waals surface area contributed by atoms with Gasteiger partial charge in [0.2, 0.25) is 5.91 Å². The third-order valence-electron chi connectivity index (χ3n) is 5.59. The molecule has 1 heterocycles. The number of hydrogen-bond acceptors (Lipinski definition) is 3. The van der Waals surface area contributed by atoms with E-state index in [1.165, 1.54) is 24.8 Å². The van der Waals surface area contributed by atoms with Crippen molar-refractivity contribution in [1.29, 1.82) is 0 Å². The summed E-state index contributed by atoms with van der Waals surface area (Å²) >= 11 is 0. The Kier molecular flexibility index (Phi) is 6.08. The summed E-state index contributed by atoms with van der Waals surface area (Å²) < 4.78 is 0. The van der Waals surface area contributed by atoms with E-state index in [4.69, 9.17) is 5.11 Å². The van der Waals surface area contributed by atoms with Crippen LogP contribution < -0.4 is 5.32 Å². The van der Waals surface area contributed by atoms with Crippen molar-refractivity contribution in [2.75, 3.05) is 19.6 Å².